The van der Waals surface area contributed by atoms with E-state index in [1.165, 1.54) is 0 Å². The van der Waals surface area contributed by atoms with Crippen molar-refractivity contribution >= 4 is 10.8 Å². The van der Waals surface area contributed by atoms with Gasteiger partial charge in [-0.1, -0.05) is 6.92 Å². The fraction of sp³-hybridized carbons (Fsp3) is 1.00. The quantitative estimate of drug-likeness (QED) is 0.567. The Kier molecular flexibility index (Phi) is 8.81. The van der Waals surface area contributed by atoms with E-state index < -0.39 is 16.9 Å². The van der Waals surface area contributed by atoms with Crippen molar-refractivity contribution in [2.24, 2.45) is 0 Å². The highest BCUT2D eigenvalue weighted by atomic mass is 32.2. The van der Waals surface area contributed by atoms with Crippen LogP contribution in [0.15, 0.2) is 0 Å². The van der Waals surface area contributed by atoms with Gasteiger partial charge in [0.25, 0.3) is 0 Å². The van der Waals surface area contributed by atoms with Gasteiger partial charge in [0.15, 0.2) is 0 Å². The van der Waals surface area contributed by atoms with Crippen molar-refractivity contribution in [2.75, 3.05) is 39.2 Å². The Morgan fingerprint density at radius 2 is 2.37 bits per heavy atom. The molecule has 0 bridgehead atoms. The summed E-state index contributed by atoms with van der Waals surface area (Å²) in [6, 6.07) is 0. The maximum absolute atomic E-state index is 11.1. The van der Waals surface area contributed by atoms with Crippen LogP contribution in [0.1, 0.15) is 26.2 Å². The summed E-state index contributed by atoms with van der Waals surface area (Å²) in [5, 5.41) is 13.1. The molecule has 19 heavy (non-hydrogen) atoms. The van der Waals surface area contributed by atoms with Gasteiger partial charge >= 0.3 is 0 Å². The van der Waals surface area contributed by atoms with E-state index in [2.05, 4.69) is 5.32 Å². The molecule has 1 aliphatic rings. The molecule has 0 amide bonds. The molecule has 1 heterocycles. The summed E-state index contributed by atoms with van der Waals surface area (Å²) >= 11 is 0. The van der Waals surface area contributed by atoms with Gasteiger partial charge < -0.3 is 19.9 Å². The topological polar surface area (TPSA) is 67.8 Å². The highest BCUT2D eigenvalue weighted by molar-refractivity contribution is 7.84. The molecule has 1 rings (SSSR count). The summed E-state index contributed by atoms with van der Waals surface area (Å²) in [5.41, 5.74) is 0. The number of rotatable bonds is 10. The first-order chi connectivity index (χ1) is 9.09. The number of hydrogen-bond acceptors (Lipinski definition) is 5. The van der Waals surface area contributed by atoms with Crippen molar-refractivity contribution in [1.29, 1.82) is 0 Å². The minimum absolute atomic E-state index is 0.195. The molecule has 0 aromatic rings. The van der Waals surface area contributed by atoms with Gasteiger partial charge in [-0.15, -0.1) is 0 Å². The summed E-state index contributed by atoms with van der Waals surface area (Å²) < 4.78 is 22.0. The lowest BCUT2D eigenvalue weighted by Gasteiger charge is -2.15. The lowest BCUT2D eigenvalue weighted by molar-refractivity contribution is -0.0163. The predicted molar refractivity (Wildman–Crippen MR) is 76.8 cm³/mol. The molecule has 0 radical (unpaired) electrons. The van der Waals surface area contributed by atoms with E-state index in [1.807, 2.05) is 6.92 Å². The van der Waals surface area contributed by atoms with Gasteiger partial charge in [0.2, 0.25) is 0 Å². The molecule has 0 spiro atoms. The molecule has 0 aliphatic carbocycles. The predicted octanol–water partition coefficient (Wildman–Crippen LogP) is 0.290. The van der Waals surface area contributed by atoms with Gasteiger partial charge in [-0.3, -0.25) is 4.21 Å². The average Bonchev–Trinajstić information content (AvgIpc) is 2.87. The Labute approximate surface area is 118 Å². The number of ether oxygens (including phenoxy) is 2. The third kappa shape index (κ3) is 7.99. The first-order valence-electron chi connectivity index (χ1n) is 7.00. The van der Waals surface area contributed by atoms with Crippen LogP contribution in [0, 0.1) is 0 Å². The second-order valence-corrected chi connectivity index (χ2v) is 6.93. The van der Waals surface area contributed by atoms with Crippen molar-refractivity contribution in [3.8, 4) is 0 Å². The minimum atomic E-state index is -0.772. The second kappa shape index (κ2) is 9.83. The standard InChI is InChI=1S/C13H27NO4S/c1-11(19(2)16)5-6-14-8-12(15)9-17-10-13-4-3-7-18-13/h11-15H,3-10H2,1-2H3. The molecule has 0 aromatic heterocycles. The molecule has 114 valence electrons. The average molecular weight is 293 g/mol. The van der Waals surface area contributed by atoms with E-state index in [-0.39, 0.29) is 11.4 Å². The smallest absolute Gasteiger partial charge is 0.0897 e. The van der Waals surface area contributed by atoms with E-state index in [9.17, 15) is 9.32 Å². The Bertz CT molecular complexity index is 259. The molecule has 1 fully saturated rings. The summed E-state index contributed by atoms with van der Waals surface area (Å²) in [4.78, 5) is 0. The monoisotopic (exact) mass is 293 g/mol. The van der Waals surface area contributed by atoms with Crippen LogP contribution in [0.2, 0.25) is 0 Å². The third-order valence-electron chi connectivity index (χ3n) is 3.31. The van der Waals surface area contributed by atoms with Crippen molar-refractivity contribution < 1.29 is 18.8 Å². The van der Waals surface area contributed by atoms with Crippen molar-refractivity contribution in [3.05, 3.63) is 0 Å². The van der Waals surface area contributed by atoms with Gasteiger partial charge in [0.1, 0.15) is 0 Å². The normalized spacial score (nSPS) is 24.3. The van der Waals surface area contributed by atoms with Crippen molar-refractivity contribution in [1.82, 2.24) is 5.32 Å². The molecule has 4 unspecified atom stereocenters. The molecule has 2 N–H and O–H groups in total. The van der Waals surface area contributed by atoms with E-state index in [1.54, 1.807) is 6.26 Å². The van der Waals surface area contributed by atoms with Crippen LogP contribution in [0.25, 0.3) is 0 Å². The van der Waals surface area contributed by atoms with Crippen LogP contribution in [-0.4, -0.2) is 65.9 Å². The van der Waals surface area contributed by atoms with Gasteiger partial charge in [0.05, 0.1) is 25.4 Å². The molecule has 1 aliphatic heterocycles. The molecule has 4 atom stereocenters. The summed E-state index contributed by atoms with van der Waals surface area (Å²) in [6.45, 7) is 4.98. The molecule has 1 saturated heterocycles. The lowest BCUT2D eigenvalue weighted by atomic mass is 10.2. The van der Waals surface area contributed by atoms with Crippen LogP contribution >= 0.6 is 0 Å². The SMILES string of the molecule is CC(CCNCC(O)COCC1CCCO1)S(C)=O. The number of hydrogen-bond donors (Lipinski definition) is 2. The maximum Gasteiger partial charge on any atom is 0.0897 e. The molecule has 5 nitrogen and oxygen atoms in total. The van der Waals surface area contributed by atoms with Gasteiger partial charge in [-0.2, -0.15) is 0 Å². The number of aliphatic hydroxyl groups excluding tert-OH is 1. The highest BCUT2D eigenvalue weighted by Gasteiger charge is 2.16. The van der Waals surface area contributed by atoms with E-state index in [4.69, 9.17) is 9.47 Å². The lowest BCUT2D eigenvalue weighted by Crippen LogP contribution is -2.33. The molecule has 0 aromatic carbocycles. The molecule has 6 heteroatoms. The molecular formula is C13H27NO4S. The highest BCUT2D eigenvalue weighted by Crippen LogP contribution is 2.11. The van der Waals surface area contributed by atoms with Crippen LogP contribution in [0.3, 0.4) is 0 Å². The Balaban J connectivity index is 1.92. The van der Waals surface area contributed by atoms with Gasteiger partial charge in [-0.05, 0) is 25.8 Å². The zero-order valence-electron chi connectivity index (χ0n) is 12.0. The summed E-state index contributed by atoms with van der Waals surface area (Å²) in [5.74, 6) is 0. The van der Waals surface area contributed by atoms with E-state index in [0.29, 0.717) is 19.8 Å². The minimum Gasteiger partial charge on any atom is -0.389 e. The fourth-order valence-corrected chi connectivity index (χ4v) is 2.36. The largest absolute Gasteiger partial charge is 0.389 e. The molecule has 0 saturated carbocycles. The zero-order chi connectivity index (χ0) is 14.1. The van der Waals surface area contributed by atoms with Crippen molar-refractivity contribution in [2.45, 2.75) is 43.6 Å². The van der Waals surface area contributed by atoms with Crippen LogP contribution in [0.5, 0.6) is 0 Å². The fourth-order valence-electron chi connectivity index (χ4n) is 1.91. The second-order valence-electron chi connectivity index (χ2n) is 5.13. The van der Waals surface area contributed by atoms with Crippen LogP contribution in [-0.2, 0) is 20.3 Å². The van der Waals surface area contributed by atoms with E-state index >= 15 is 0 Å². The summed E-state index contributed by atoms with van der Waals surface area (Å²) in [7, 11) is -0.772. The van der Waals surface area contributed by atoms with Crippen LogP contribution in [0.4, 0.5) is 0 Å². The zero-order valence-corrected chi connectivity index (χ0v) is 12.8. The summed E-state index contributed by atoms with van der Waals surface area (Å²) in [6.07, 6.45) is 4.45. The Morgan fingerprint density at radius 1 is 1.58 bits per heavy atom. The maximum atomic E-state index is 11.1. The van der Waals surface area contributed by atoms with Crippen LogP contribution < -0.4 is 5.32 Å². The Hall–Kier alpha value is -0.0100. The van der Waals surface area contributed by atoms with Gasteiger partial charge in [-0.25, -0.2) is 0 Å². The number of aliphatic hydroxyl groups is 1. The van der Waals surface area contributed by atoms with E-state index in [0.717, 1.165) is 32.4 Å². The number of nitrogens with one attached hydrogen (secondary N) is 1. The van der Waals surface area contributed by atoms with Gasteiger partial charge in [0, 0.05) is 35.5 Å². The Morgan fingerprint density at radius 3 is 3.00 bits per heavy atom. The first kappa shape index (κ1) is 17.0. The third-order valence-corrected chi connectivity index (χ3v) is 4.68. The molecular weight excluding hydrogens is 266 g/mol. The van der Waals surface area contributed by atoms with Crippen molar-refractivity contribution in [3.63, 3.8) is 0 Å². The first-order valence-corrected chi connectivity index (χ1v) is 8.62.